The van der Waals surface area contributed by atoms with Crippen LogP contribution in [0.3, 0.4) is 0 Å². The van der Waals surface area contributed by atoms with Gasteiger partial charge >= 0.3 is 0 Å². The molecule has 88 valence electrons. The standard InChI is InChI=1S/C13H13ClN2S/c14-11-1-2-13(12(15)9-11)17-8-5-10-3-6-16-7-4-10/h1-4,6-7,9H,5,8,15H2. The molecule has 17 heavy (non-hydrogen) atoms. The van der Waals surface area contributed by atoms with E-state index in [2.05, 4.69) is 4.98 Å². The largest absolute Gasteiger partial charge is 0.398 e. The highest BCUT2D eigenvalue weighted by atomic mass is 35.5. The zero-order chi connectivity index (χ0) is 12.1. The number of aryl methyl sites for hydroxylation is 1. The minimum Gasteiger partial charge on any atom is -0.398 e. The number of nitrogens with two attached hydrogens (primary N) is 1. The Kier molecular flexibility index (Phi) is 4.29. The number of anilines is 1. The number of hydrogen-bond donors (Lipinski definition) is 1. The summed E-state index contributed by atoms with van der Waals surface area (Å²) in [5, 5.41) is 0.681. The van der Waals surface area contributed by atoms with Crippen LogP contribution in [0, 0.1) is 0 Å². The Morgan fingerprint density at radius 1 is 1.18 bits per heavy atom. The summed E-state index contributed by atoms with van der Waals surface area (Å²) in [6, 6.07) is 9.69. The van der Waals surface area contributed by atoms with Crippen molar-refractivity contribution < 1.29 is 0 Å². The van der Waals surface area contributed by atoms with Gasteiger partial charge in [-0.2, -0.15) is 0 Å². The van der Waals surface area contributed by atoms with Gasteiger partial charge in [-0.25, -0.2) is 0 Å². The highest BCUT2D eigenvalue weighted by Gasteiger charge is 2.01. The van der Waals surface area contributed by atoms with Crippen molar-refractivity contribution in [3.05, 3.63) is 53.3 Å². The molecule has 0 aliphatic heterocycles. The number of benzene rings is 1. The molecule has 0 saturated carbocycles. The van der Waals surface area contributed by atoms with Crippen LogP contribution in [0.2, 0.25) is 5.02 Å². The molecule has 2 N–H and O–H groups in total. The van der Waals surface area contributed by atoms with Crippen molar-refractivity contribution in [1.29, 1.82) is 0 Å². The molecule has 0 atom stereocenters. The molecular formula is C13H13ClN2S. The molecule has 1 heterocycles. The van der Waals surface area contributed by atoms with Crippen LogP contribution in [-0.4, -0.2) is 10.7 Å². The highest BCUT2D eigenvalue weighted by Crippen LogP contribution is 2.28. The maximum absolute atomic E-state index is 5.89. The third-order valence-corrected chi connectivity index (χ3v) is 3.70. The van der Waals surface area contributed by atoms with E-state index in [-0.39, 0.29) is 0 Å². The minimum atomic E-state index is 0.681. The summed E-state index contributed by atoms with van der Waals surface area (Å²) in [6.07, 6.45) is 4.64. The van der Waals surface area contributed by atoms with Crippen LogP contribution >= 0.6 is 23.4 Å². The number of nitrogen functional groups attached to an aromatic ring is 1. The second-order valence-electron chi connectivity index (χ2n) is 3.64. The predicted molar refractivity (Wildman–Crippen MR) is 74.5 cm³/mol. The monoisotopic (exact) mass is 264 g/mol. The maximum Gasteiger partial charge on any atom is 0.0467 e. The fraction of sp³-hybridized carbons (Fsp3) is 0.154. The lowest BCUT2D eigenvalue weighted by molar-refractivity contribution is 1.13. The number of halogens is 1. The van der Waals surface area contributed by atoms with E-state index >= 15 is 0 Å². The Labute approximate surface area is 110 Å². The molecule has 0 unspecified atom stereocenters. The Morgan fingerprint density at radius 2 is 1.94 bits per heavy atom. The van der Waals surface area contributed by atoms with Gasteiger partial charge in [-0.3, -0.25) is 4.98 Å². The normalized spacial score (nSPS) is 10.4. The molecule has 4 heteroatoms. The smallest absolute Gasteiger partial charge is 0.0467 e. The molecule has 0 fully saturated rings. The van der Waals surface area contributed by atoms with E-state index < -0.39 is 0 Å². The van der Waals surface area contributed by atoms with Gasteiger partial charge in [0.2, 0.25) is 0 Å². The second kappa shape index (κ2) is 5.94. The summed E-state index contributed by atoms with van der Waals surface area (Å²) in [7, 11) is 0. The Balaban J connectivity index is 1.90. The van der Waals surface area contributed by atoms with Gasteiger partial charge in [0.25, 0.3) is 0 Å². The maximum atomic E-state index is 5.89. The van der Waals surface area contributed by atoms with Gasteiger partial charge in [0.05, 0.1) is 0 Å². The number of pyridine rings is 1. The highest BCUT2D eigenvalue weighted by molar-refractivity contribution is 7.99. The van der Waals surface area contributed by atoms with Gasteiger partial charge in [0, 0.05) is 33.8 Å². The summed E-state index contributed by atoms with van der Waals surface area (Å²) in [4.78, 5) is 5.08. The predicted octanol–water partition coefficient (Wildman–Crippen LogP) is 3.65. The molecular weight excluding hydrogens is 252 g/mol. The number of thioether (sulfide) groups is 1. The van der Waals surface area contributed by atoms with Crippen LogP contribution in [0.25, 0.3) is 0 Å². The zero-order valence-corrected chi connectivity index (χ0v) is 10.8. The van der Waals surface area contributed by atoms with Crippen molar-refractivity contribution in [3.8, 4) is 0 Å². The minimum absolute atomic E-state index is 0.681. The first-order chi connectivity index (χ1) is 8.25. The van der Waals surface area contributed by atoms with E-state index in [4.69, 9.17) is 17.3 Å². The van der Waals surface area contributed by atoms with Crippen LogP contribution in [0.4, 0.5) is 5.69 Å². The number of nitrogens with zero attached hydrogens (tertiary/aromatic N) is 1. The van der Waals surface area contributed by atoms with Crippen LogP contribution in [0.15, 0.2) is 47.6 Å². The summed E-state index contributed by atoms with van der Waals surface area (Å²) in [5.74, 6) is 0.996. The molecule has 2 nitrogen and oxygen atoms in total. The third-order valence-electron chi connectivity index (χ3n) is 2.37. The topological polar surface area (TPSA) is 38.9 Å². The Hall–Kier alpha value is -1.19. The van der Waals surface area contributed by atoms with Crippen LogP contribution < -0.4 is 5.73 Å². The van der Waals surface area contributed by atoms with Crippen LogP contribution in [0.1, 0.15) is 5.56 Å². The van der Waals surface area contributed by atoms with E-state index in [9.17, 15) is 0 Å². The molecule has 0 bridgehead atoms. The molecule has 0 spiro atoms. The van der Waals surface area contributed by atoms with E-state index in [0.717, 1.165) is 22.8 Å². The zero-order valence-electron chi connectivity index (χ0n) is 9.27. The molecule has 2 aromatic rings. The van der Waals surface area contributed by atoms with Gasteiger partial charge in [-0.05, 0) is 42.3 Å². The molecule has 0 aliphatic rings. The van der Waals surface area contributed by atoms with Crippen molar-refractivity contribution in [2.24, 2.45) is 0 Å². The fourth-order valence-corrected chi connectivity index (χ4v) is 2.61. The molecule has 1 aromatic carbocycles. The Bertz CT molecular complexity index is 488. The van der Waals surface area contributed by atoms with Gasteiger partial charge < -0.3 is 5.73 Å². The molecule has 0 amide bonds. The third kappa shape index (κ3) is 3.65. The first-order valence-corrected chi connectivity index (χ1v) is 6.69. The van der Waals surface area contributed by atoms with Gasteiger partial charge in [0.1, 0.15) is 0 Å². The number of aromatic nitrogens is 1. The van der Waals surface area contributed by atoms with E-state index in [0.29, 0.717) is 5.02 Å². The molecule has 0 saturated heterocycles. The summed E-state index contributed by atoms with van der Waals surface area (Å²) < 4.78 is 0. The van der Waals surface area contributed by atoms with Crippen LogP contribution in [-0.2, 0) is 6.42 Å². The SMILES string of the molecule is Nc1cc(Cl)ccc1SCCc1ccncc1. The van der Waals surface area contributed by atoms with Gasteiger partial charge in [-0.1, -0.05) is 11.6 Å². The van der Waals surface area contributed by atoms with Crippen molar-refractivity contribution >= 4 is 29.1 Å². The van der Waals surface area contributed by atoms with Crippen molar-refractivity contribution in [1.82, 2.24) is 4.98 Å². The lowest BCUT2D eigenvalue weighted by Crippen LogP contribution is -1.92. The Morgan fingerprint density at radius 3 is 2.65 bits per heavy atom. The van der Waals surface area contributed by atoms with Crippen LogP contribution in [0.5, 0.6) is 0 Å². The van der Waals surface area contributed by atoms with E-state index in [1.807, 2.05) is 36.7 Å². The van der Waals surface area contributed by atoms with Crippen molar-refractivity contribution in [2.45, 2.75) is 11.3 Å². The van der Waals surface area contributed by atoms with Crippen molar-refractivity contribution in [2.75, 3.05) is 11.5 Å². The number of rotatable bonds is 4. The lowest BCUT2D eigenvalue weighted by atomic mass is 10.2. The quantitative estimate of drug-likeness (QED) is 0.677. The first-order valence-electron chi connectivity index (χ1n) is 5.32. The molecule has 0 radical (unpaired) electrons. The van der Waals surface area contributed by atoms with Crippen molar-refractivity contribution in [3.63, 3.8) is 0 Å². The van der Waals surface area contributed by atoms with Gasteiger partial charge in [-0.15, -0.1) is 11.8 Å². The molecule has 1 aromatic heterocycles. The van der Waals surface area contributed by atoms with E-state index in [1.54, 1.807) is 17.8 Å². The second-order valence-corrected chi connectivity index (χ2v) is 5.21. The summed E-state index contributed by atoms with van der Waals surface area (Å²) >= 11 is 7.60. The summed E-state index contributed by atoms with van der Waals surface area (Å²) in [6.45, 7) is 0. The average molecular weight is 265 g/mol. The lowest BCUT2D eigenvalue weighted by Gasteiger charge is -2.05. The average Bonchev–Trinajstić information content (AvgIpc) is 2.33. The summed E-state index contributed by atoms with van der Waals surface area (Å²) in [5.41, 5.74) is 7.92. The van der Waals surface area contributed by atoms with Gasteiger partial charge in [0.15, 0.2) is 0 Å². The molecule has 0 aliphatic carbocycles. The number of hydrogen-bond acceptors (Lipinski definition) is 3. The fourth-order valence-electron chi connectivity index (χ4n) is 1.48. The van der Waals surface area contributed by atoms with E-state index in [1.165, 1.54) is 5.56 Å². The molecule has 2 rings (SSSR count). The first kappa shape index (κ1) is 12.3.